The summed E-state index contributed by atoms with van der Waals surface area (Å²) in [5.41, 5.74) is 3.53. The van der Waals surface area contributed by atoms with Gasteiger partial charge in [0.05, 0.1) is 0 Å². The van der Waals surface area contributed by atoms with E-state index < -0.39 is 17.8 Å². The molecule has 0 radical (unpaired) electrons. The summed E-state index contributed by atoms with van der Waals surface area (Å²) >= 11 is 0. The zero-order valence-electron chi connectivity index (χ0n) is 22.4. The van der Waals surface area contributed by atoms with Crippen LogP contribution >= 0.6 is 0 Å². The molecule has 0 bridgehead atoms. The van der Waals surface area contributed by atoms with E-state index in [1.807, 2.05) is 0 Å². The molecule has 1 N–H and O–H groups in total. The highest BCUT2D eigenvalue weighted by molar-refractivity contribution is 6.05. The van der Waals surface area contributed by atoms with Gasteiger partial charge in [-0.2, -0.15) is 0 Å². The van der Waals surface area contributed by atoms with Crippen LogP contribution in [-0.2, 0) is 22.7 Å². The van der Waals surface area contributed by atoms with Gasteiger partial charge in [0, 0.05) is 31.6 Å². The number of likely N-dealkylation sites (tertiary alicyclic amines) is 2. The second-order valence-electron chi connectivity index (χ2n) is 11.7. The van der Waals surface area contributed by atoms with Crippen LogP contribution in [0.2, 0.25) is 0 Å². The highest BCUT2D eigenvalue weighted by atomic mass is 19.1. The fraction of sp³-hybridized carbons (Fsp3) is 0.516. The number of nitrogens with zero attached hydrogens (tertiary/aromatic N) is 3. The summed E-state index contributed by atoms with van der Waals surface area (Å²) in [6, 6.07) is 12.9. The molecular formula is C31H37FN4O3. The van der Waals surface area contributed by atoms with Gasteiger partial charge < -0.3 is 9.80 Å². The van der Waals surface area contributed by atoms with Gasteiger partial charge in [0.1, 0.15) is 11.9 Å². The van der Waals surface area contributed by atoms with Crippen molar-refractivity contribution in [2.45, 2.75) is 63.6 Å². The molecule has 4 aliphatic rings. The SMILES string of the molecule is O=C1CCC(N2Cc3c(cc(F)cc3C3CCN(CC4CCN(Cc5ccccc5)CC4)CC3)C2=O)C(=O)N1. The zero-order chi connectivity index (χ0) is 26.9. The number of benzene rings is 2. The first-order valence-electron chi connectivity index (χ1n) is 14.4. The second-order valence-corrected chi connectivity index (χ2v) is 11.7. The highest BCUT2D eigenvalue weighted by Gasteiger charge is 2.41. The Morgan fingerprint density at radius 2 is 1.59 bits per heavy atom. The molecule has 3 amide bonds. The van der Waals surface area contributed by atoms with Crippen molar-refractivity contribution in [2.24, 2.45) is 5.92 Å². The molecule has 0 spiro atoms. The van der Waals surface area contributed by atoms with E-state index in [1.165, 1.54) is 29.4 Å². The Bertz CT molecular complexity index is 1240. The van der Waals surface area contributed by atoms with Crippen molar-refractivity contribution < 1.29 is 18.8 Å². The zero-order valence-corrected chi connectivity index (χ0v) is 22.4. The normalized spacial score (nSPS) is 23.8. The molecule has 6 rings (SSSR count). The van der Waals surface area contributed by atoms with E-state index in [4.69, 9.17) is 0 Å². The summed E-state index contributed by atoms with van der Waals surface area (Å²) < 4.78 is 14.7. The minimum absolute atomic E-state index is 0.202. The lowest BCUT2D eigenvalue weighted by Crippen LogP contribution is -2.52. The number of rotatable bonds is 6. The lowest BCUT2D eigenvalue weighted by atomic mass is 9.84. The van der Waals surface area contributed by atoms with Crippen molar-refractivity contribution in [1.82, 2.24) is 20.0 Å². The van der Waals surface area contributed by atoms with Crippen molar-refractivity contribution in [3.05, 3.63) is 70.5 Å². The van der Waals surface area contributed by atoms with Crippen molar-refractivity contribution in [2.75, 3.05) is 32.7 Å². The van der Waals surface area contributed by atoms with Gasteiger partial charge in [0.2, 0.25) is 11.8 Å². The fourth-order valence-electron chi connectivity index (χ4n) is 6.98. The van der Waals surface area contributed by atoms with Gasteiger partial charge in [-0.05, 0) is 98.9 Å². The first-order valence-corrected chi connectivity index (χ1v) is 14.4. The van der Waals surface area contributed by atoms with Gasteiger partial charge in [-0.25, -0.2) is 4.39 Å². The average Bonchev–Trinajstić information content (AvgIpc) is 3.26. The van der Waals surface area contributed by atoms with E-state index in [2.05, 4.69) is 45.4 Å². The number of imide groups is 1. The molecule has 1 atom stereocenters. The maximum atomic E-state index is 14.7. The van der Waals surface area contributed by atoms with Crippen LogP contribution in [0.5, 0.6) is 0 Å². The third-order valence-electron chi connectivity index (χ3n) is 9.16. The molecule has 8 heteroatoms. The summed E-state index contributed by atoms with van der Waals surface area (Å²) in [6.07, 6.45) is 4.85. The number of hydrogen-bond acceptors (Lipinski definition) is 5. The van der Waals surface area contributed by atoms with Gasteiger partial charge in [0.25, 0.3) is 5.91 Å². The van der Waals surface area contributed by atoms with Crippen LogP contribution in [0.25, 0.3) is 0 Å². The van der Waals surface area contributed by atoms with E-state index in [-0.39, 0.29) is 24.2 Å². The molecule has 7 nitrogen and oxygen atoms in total. The maximum absolute atomic E-state index is 14.7. The first kappa shape index (κ1) is 26.1. The lowest BCUT2D eigenvalue weighted by molar-refractivity contribution is -0.136. The number of halogens is 1. The van der Waals surface area contributed by atoms with Crippen LogP contribution < -0.4 is 5.32 Å². The predicted octanol–water partition coefficient (Wildman–Crippen LogP) is 3.68. The van der Waals surface area contributed by atoms with Gasteiger partial charge >= 0.3 is 0 Å². The predicted molar refractivity (Wildman–Crippen MR) is 145 cm³/mol. The molecule has 1 unspecified atom stereocenters. The molecule has 4 heterocycles. The molecule has 3 fully saturated rings. The van der Waals surface area contributed by atoms with E-state index in [9.17, 15) is 18.8 Å². The van der Waals surface area contributed by atoms with Gasteiger partial charge in [-0.15, -0.1) is 0 Å². The summed E-state index contributed by atoms with van der Waals surface area (Å²) in [4.78, 5) is 43.9. The number of amides is 3. The number of fused-ring (bicyclic) bond motifs is 1. The molecule has 0 saturated carbocycles. The van der Waals surface area contributed by atoms with Crippen LogP contribution in [0.15, 0.2) is 42.5 Å². The minimum Gasteiger partial charge on any atom is -0.322 e. The molecule has 206 valence electrons. The molecule has 3 saturated heterocycles. The van der Waals surface area contributed by atoms with E-state index in [1.54, 1.807) is 6.07 Å². The smallest absolute Gasteiger partial charge is 0.255 e. The summed E-state index contributed by atoms with van der Waals surface area (Å²) in [6.45, 7) is 6.69. The topological polar surface area (TPSA) is 73.0 Å². The van der Waals surface area contributed by atoms with E-state index in [0.717, 1.165) is 63.2 Å². The Balaban J connectivity index is 1.04. The molecule has 39 heavy (non-hydrogen) atoms. The molecular weight excluding hydrogens is 495 g/mol. The maximum Gasteiger partial charge on any atom is 0.255 e. The monoisotopic (exact) mass is 532 g/mol. The second kappa shape index (κ2) is 11.2. The Labute approximate surface area is 229 Å². The number of carbonyl (C=O) groups is 3. The Morgan fingerprint density at radius 3 is 2.31 bits per heavy atom. The van der Waals surface area contributed by atoms with Crippen LogP contribution in [0.3, 0.4) is 0 Å². The van der Waals surface area contributed by atoms with Crippen LogP contribution in [0.4, 0.5) is 4.39 Å². The third-order valence-corrected chi connectivity index (χ3v) is 9.16. The molecule has 4 aliphatic heterocycles. The first-order chi connectivity index (χ1) is 18.9. The number of piperidine rings is 3. The van der Waals surface area contributed by atoms with Crippen molar-refractivity contribution in [3.63, 3.8) is 0 Å². The molecule has 2 aromatic carbocycles. The molecule has 0 aromatic heterocycles. The lowest BCUT2D eigenvalue weighted by Gasteiger charge is -2.38. The highest BCUT2D eigenvalue weighted by Crippen LogP contribution is 2.38. The minimum atomic E-state index is -0.681. The Kier molecular flexibility index (Phi) is 7.49. The van der Waals surface area contributed by atoms with Crippen LogP contribution in [0.1, 0.15) is 71.5 Å². The van der Waals surface area contributed by atoms with Crippen LogP contribution in [-0.4, -0.2) is 71.2 Å². The standard InChI is InChI=1S/C31H37FN4O3/c32-24-16-25(27-20-36(31(39)26(27)17-24)28-6-7-29(37)33-30(28)38)23-10-14-35(15-11-23)19-22-8-12-34(13-9-22)18-21-4-2-1-3-5-21/h1-5,16-17,22-23,28H,6-15,18-20H2,(H,33,37,38). The quantitative estimate of drug-likeness (QED) is 0.575. The van der Waals surface area contributed by atoms with Crippen molar-refractivity contribution >= 4 is 17.7 Å². The van der Waals surface area contributed by atoms with Gasteiger partial charge in [0.15, 0.2) is 0 Å². The summed E-state index contributed by atoms with van der Waals surface area (Å²) in [7, 11) is 0. The van der Waals surface area contributed by atoms with E-state index in [0.29, 0.717) is 24.4 Å². The number of hydrogen-bond donors (Lipinski definition) is 1. The van der Waals surface area contributed by atoms with Gasteiger partial charge in [-0.3, -0.25) is 24.6 Å². The van der Waals surface area contributed by atoms with Gasteiger partial charge in [-0.1, -0.05) is 30.3 Å². The summed E-state index contributed by atoms with van der Waals surface area (Å²) in [5, 5.41) is 2.34. The Hall–Kier alpha value is -3.10. The van der Waals surface area contributed by atoms with Crippen molar-refractivity contribution in [1.29, 1.82) is 0 Å². The van der Waals surface area contributed by atoms with Crippen molar-refractivity contribution in [3.8, 4) is 0 Å². The third kappa shape index (κ3) is 5.63. The van der Waals surface area contributed by atoms with E-state index >= 15 is 0 Å². The Morgan fingerprint density at radius 1 is 0.872 bits per heavy atom. The number of carbonyl (C=O) groups excluding carboxylic acids is 3. The fourth-order valence-corrected chi connectivity index (χ4v) is 6.98. The molecule has 0 aliphatic carbocycles. The van der Waals surface area contributed by atoms with Crippen LogP contribution in [0, 0.1) is 11.7 Å². The average molecular weight is 533 g/mol. The number of nitrogens with one attached hydrogen (secondary N) is 1. The summed E-state index contributed by atoms with van der Waals surface area (Å²) in [5.74, 6) is -0.534. The molecule has 2 aromatic rings. The largest absolute Gasteiger partial charge is 0.322 e.